The van der Waals surface area contributed by atoms with Crippen LogP contribution in [-0.2, 0) is 6.54 Å². The smallest absolute Gasteiger partial charge is 0.336 e. The molecule has 0 unspecified atom stereocenters. The zero-order valence-electron chi connectivity index (χ0n) is 10.1. The molecule has 0 bridgehead atoms. The van der Waals surface area contributed by atoms with Crippen LogP contribution < -0.4 is 10.1 Å². The molecule has 6 heteroatoms. The number of hydrogen-bond donors (Lipinski definition) is 2. The van der Waals surface area contributed by atoms with Crippen LogP contribution in [0.5, 0.6) is 5.75 Å². The van der Waals surface area contributed by atoms with Crippen molar-refractivity contribution >= 4 is 34.6 Å². The molecule has 4 nitrogen and oxygen atoms in total. The van der Waals surface area contributed by atoms with Crippen molar-refractivity contribution in [3.05, 3.63) is 45.1 Å². The first-order valence-electron chi connectivity index (χ1n) is 5.48. The van der Waals surface area contributed by atoms with Crippen LogP contribution in [0.15, 0.2) is 29.6 Å². The summed E-state index contributed by atoms with van der Waals surface area (Å²) < 4.78 is 5.22. The highest BCUT2D eigenvalue weighted by Gasteiger charge is 2.08. The number of carboxylic acids is 1. The first-order chi connectivity index (χ1) is 9.10. The highest BCUT2D eigenvalue weighted by Crippen LogP contribution is 2.28. The molecule has 1 aromatic carbocycles. The van der Waals surface area contributed by atoms with Gasteiger partial charge in [0.2, 0.25) is 0 Å². The topological polar surface area (TPSA) is 58.6 Å². The van der Waals surface area contributed by atoms with Gasteiger partial charge in [0.05, 0.1) is 18.4 Å². The Morgan fingerprint density at radius 2 is 2.26 bits per heavy atom. The number of carboxylic acid groups (broad SMARTS) is 1. The van der Waals surface area contributed by atoms with Crippen molar-refractivity contribution < 1.29 is 14.6 Å². The molecule has 0 saturated carbocycles. The van der Waals surface area contributed by atoms with Crippen molar-refractivity contribution in [1.29, 1.82) is 0 Å². The number of benzene rings is 1. The Balaban J connectivity index is 2.09. The van der Waals surface area contributed by atoms with Crippen LogP contribution >= 0.6 is 22.9 Å². The van der Waals surface area contributed by atoms with Crippen molar-refractivity contribution in [2.24, 2.45) is 0 Å². The van der Waals surface area contributed by atoms with Crippen LogP contribution in [0.1, 0.15) is 15.2 Å². The summed E-state index contributed by atoms with van der Waals surface area (Å²) >= 11 is 7.33. The van der Waals surface area contributed by atoms with E-state index in [4.69, 9.17) is 21.4 Å². The van der Waals surface area contributed by atoms with Crippen molar-refractivity contribution in [3.63, 3.8) is 0 Å². The molecule has 0 fully saturated rings. The van der Waals surface area contributed by atoms with Gasteiger partial charge in [0.1, 0.15) is 5.75 Å². The zero-order valence-corrected chi connectivity index (χ0v) is 11.7. The molecule has 0 spiro atoms. The number of nitrogens with one attached hydrogen (secondary N) is 1. The number of methoxy groups -OCH3 is 1. The van der Waals surface area contributed by atoms with E-state index in [2.05, 4.69) is 5.32 Å². The monoisotopic (exact) mass is 297 g/mol. The first kappa shape index (κ1) is 13.7. The van der Waals surface area contributed by atoms with Crippen molar-refractivity contribution in [2.75, 3.05) is 12.4 Å². The number of thiophene rings is 1. The van der Waals surface area contributed by atoms with Gasteiger partial charge in [-0.15, -0.1) is 11.3 Å². The number of aromatic carboxylic acids is 1. The molecule has 0 saturated heterocycles. The lowest BCUT2D eigenvalue weighted by atomic mass is 10.2. The van der Waals surface area contributed by atoms with E-state index in [1.165, 1.54) is 11.3 Å². The summed E-state index contributed by atoms with van der Waals surface area (Å²) in [6, 6.07) is 6.95. The summed E-state index contributed by atoms with van der Waals surface area (Å²) in [6.45, 7) is 0.522. The van der Waals surface area contributed by atoms with Gasteiger partial charge in [0, 0.05) is 21.8 Å². The average Bonchev–Trinajstić information content (AvgIpc) is 2.85. The Hall–Kier alpha value is -1.72. The summed E-state index contributed by atoms with van der Waals surface area (Å²) in [5, 5.41) is 14.3. The van der Waals surface area contributed by atoms with E-state index in [1.807, 2.05) is 0 Å². The van der Waals surface area contributed by atoms with Gasteiger partial charge in [-0.1, -0.05) is 11.6 Å². The van der Waals surface area contributed by atoms with Gasteiger partial charge < -0.3 is 15.2 Å². The normalized spacial score (nSPS) is 10.2. The minimum Gasteiger partial charge on any atom is -0.495 e. The molecule has 19 heavy (non-hydrogen) atoms. The molecular formula is C13H12ClNO3S. The Kier molecular flexibility index (Phi) is 4.29. The fraction of sp³-hybridized carbons (Fsp3) is 0.154. The summed E-state index contributed by atoms with van der Waals surface area (Å²) in [5.74, 6) is -0.220. The molecule has 2 aromatic rings. The van der Waals surface area contributed by atoms with E-state index < -0.39 is 5.97 Å². The van der Waals surface area contributed by atoms with Gasteiger partial charge in [-0.3, -0.25) is 0 Å². The standard InChI is InChI=1S/C13H12ClNO3S/c1-18-12-3-2-9(14)5-11(12)15-6-10-4-8(7-19-10)13(16)17/h2-5,7,15H,6H2,1H3,(H,16,17). The van der Waals surface area contributed by atoms with Crippen LogP contribution in [0, 0.1) is 0 Å². The average molecular weight is 298 g/mol. The highest BCUT2D eigenvalue weighted by molar-refractivity contribution is 7.10. The molecular weight excluding hydrogens is 286 g/mol. The van der Waals surface area contributed by atoms with Gasteiger partial charge in [0.25, 0.3) is 0 Å². The van der Waals surface area contributed by atoms with Gasteiger partial charge >= 0.3 is 5.97 Å². The minimum absolute atomic E-state index is 0.305. The Morgan fingerprint density at radius 3 is 2.89 bits per heavy atom. The summed E-state index contributed by atoms with van der Waals surface area (Å²) in [7, 11) is 1.59. The Morgan fingerprint density at radius 1 is 1.47 bits per heavy atom. The van der Waals surface area contributed by atoms with Crippen LogP contribution in [0.2, 0.25) is 5.02 Å². The third kappa shape index (κ3) is 3.39. The zero-order chi connectivity index (χ0) is 13.8. The third-order valence-corrected chi connectivity index (χ3v) is 3.69. The Labute approximate surface area is 119 Å². The summed E-state index contributed by atoms with van der Waals surface area (Å²) in [6.07, 6.45) is 0. The first-order valence-corrected chi connectivity index (χ1v) is 6.74. The largest absolute Gasteiger partial charge is 0.495 e. The molecule has 0 amide bonds. The van der Waals surface area contributed by atoms with E-state index in [0.29, 0.717) is 22.9 Å². The van der Waals surface area contributed by atoms with Gasteiger partial charge in [-0.25, -0.2) is 4.79 Å². The summed E-state index contributed by atoms with van der Waals surface area (Å²) in [5.41, 5.74) is 1.08. The molecule has 2 rings (SSSR count). The number of carbonyl (C=O) groups is 1. The third-order valence-electron chi connectivity index (χ3n) is 2.52. The predicted octanol–water partition coefficient (Wildman–Crippen LogP) is 3.72. The lowest BCUT2D eigenvalue weighted by Crippen LogP contribution is -2.00. The number of ether oxygens (including phenoxy) is 1. The number of halogens is 1. The van der Waals surface area contributed by atoms with Crippen LogP contribution in [0.3, 0.4) is 0 Å². The fourth-order valence-electron chi connectivity index (χ4n) is 1.59. The van der Waals surface area contributed by atoms with Crippen molar-refractivity contribution in [1.82, 2.24) is 0 Å². The lowest BCUT2D eigenvalue weighted by Gasteiger charge is -2.10. The molecule has 0 aliphatic rings. The maximum absolute atomic E-state index is 10.8. The second-order valence-corrected chi connectivity index (χ2v) is 5.24. The molecule has 0 atom stereocenters. The van der Waals surface area contributed by atoms with E-state index in [-0.39, 0.29) is 0 Å². The van der Waals surface area contributed by atoms with Gasteiger partial charge in [-0.05, 0) is 24.3 Å². The van der Waals surface area contributed by atoms with E-state index >= 15 is 0 Å². The molecule has 0 aliphatic heterocycles. The lowest BCUT2D eigenvalue weighted by molar-refractivity contribution is 0.0697. The molecule has 2 N–H and O–H groups in total. The quantitative estimate of drug-likeness (QED) is 0.883. The van der Waals surface area contributed by atoms with Gasteiger partial charge in [0.15, 0.2) is 0 Å². The van der Waals surface area contributed by atoms with E-state index in [0.717, 1.165) is 10.6 Å². The second-order valence-electron chi connectivity index (χ2n) is 3.81. The molecule has 100 valence electrons. The molecule has 1 heterocycles. The van der Waals surface area contributed by atoms with Crippen LogP contribution in [0.4, 0.5) is 5.69 Å². The summed E-state index contributed by atoms with van der Waals surface area (Å²) in [4.78, 5) is 11.7. The maximum Gasteiger partial charge on any atom is 0.336 e. The minimum atomic E-state index is -0.914. The van der Waals surface area contributed by atoms with E-state index in [9.17, 15) is 4.79 Å². The van der Waals surface area contributed by atoms with Crippen LogP contribution in [0.25, 0.3) is 0 Å². The SMILES string of the molecule is COc1ccc(Cl)cc1NCc1cc(C(=O)O)cs1. The Bertz CT molecular complexity index is 597. The van der Waals surface area contributed by atoms with Crippen LogP contribution in [-0.4, -0.2) is 18.2 Å². The maximum atomic E-state index is 10.8. The van der Waals surface area contributed by atoms with Gasteiger partial charge in [-0.2, -0.15) is 0 Å². The number of anilines is 1. The van der Waals surface area contributed by atoms with Crippen molar-refractivity contribution in [2.45, 2.75) is 6.54 Å². The predicted molar refractivity (Wildman–Crippen MR) is 76.6 cm³/mol. The second kappa shape index (κ2) is 5.95. The highest BCUT2D eigenvalue weighted by atomic mass is 35.5. The number of hydrogen-bond acceptors (Lipinski definition) is 4. The van der Waals surface area contributed by atoms with E-state index in [1.54, 1.807) is 36.8 Å². The molecule has 1 aromatic heterocycles. The molecule has 0 radical (unpaired) electrons. The number of rotatable bonds is 5. The van der Waals surface area contributed by atoms with Crippen molar-refractivity contribution in [3.8, 4) is 5.75 Å². The fourth-order valence-corrected chi connectivity index (χ4v) is 2.56. The molecule has 0 aliphatic carbocycles.